The van der Waals surface area contributed by atoms with E-state index in [1.807, 2.05) is 6.92 Å². The number of nitrogens with one attached hydrogen (secondary N) is 3. The Morgan fingerprint density at radius 1 is 1.18 bits per heavy atom. The van der Waals surface area contributed by atoms with Crippen LogP contribution in [0.25, 0.3) is 0 Å². The van der Waals surface area contributed by atoms with Crippen molar-refractivity contribution >= 4 is 35.1 Å². The first-order valence-electron chi connectivity index (χ1n) is 10.9. The van der Waals surface area contributed by atoms with Gasteiger partial charge in [0, 0.05) is 23.3 Å². The minimum atomic E-state index is -0.866. The standard InChI is InChI=1S/C24H32FN5O4/c1-7-19(13(2)27-23(33)34-24(4,5)6)29-22-18(25)12-17(20(26)32)21(30-22)28-16-10-8-9-15(11-16)14(3)31/h8-13,19H,7H2,1-6H3,(H2,26,32)(H,27,33)(H2,28,29,30)/t13-,19+/m0/s1. The summed E-state index contributed by atoms with van der Waals surface area (Å²) in [7, 11) is 0. The van der Waals surface area contributed by atoms with Crippen molar-refractivity contribution in [3.05, 3.63) is 47.3 Å². The molecule has 2 amide bonds. The quantitative estimate of drug-likeness (QED) is 0.397. The van der Waals surface area contributed by atoms with Crippen LogP contribution in [-0.2, 0) is 4.74 Å². The molecule has 0 aliphatic carbocycles. The predicted molar refractivity (Wildman–Crippen MR) is 129 cm³/mol. The van der Waals surface area contributed by atoms with Gasteiger partial charge >= 0.3 is 6.09 Å². The van der Waals surface area contributed by atoms with E-state index in [1.54, 1.807) is 52.0 Å². The Bertz CT molecular complexity index is 1070. The summed E-state index contributed by atoms with van der Waals surface area (Å²) in [5.74, 6) is -1.87. The molecule has 2 atom stereocenters. The number of pyridine rings is 1. The van der Waals surface area contributed by atoms with E-state index in [-0.39, 0.29) is 23.0 Å². The van der Waals surface area contributed by atoms with Crippen LogP contribution >= 0.6 is 0 Å². The lowest BCUT2D eigenvalue weighted by atomic mass is 10.1. The van der Waals surface area contributed by atoms with Gasteiger partial charge in [-0.3, -0.25) is 9.59 Å². The number of amides is 2. The lowest BCUT2D eigenvalue weighted by Gasteiger charge is -2.27. The molecule has 0 bridgehead atoms. The number of anilines is 3. The number of Topliss-reactive ketones (excluding diaryl/α,β-unsaturated/α-hetero) is 1. The van der Waals surface area contributed by atoms with Crippen LogP contribution in [0.2, 0.25) is 0 Å². The number of alkyl carbamates (subject to hydrolysis) is 1. The minimum Gasteiger partial charge on any atom is -0.444 e. The molecule has 0 spiro atoms. The van der Waals surface area contributed by atoms with Gasteiger partial charge in [0.1, 0.15) is 11.4 Å². The average Bonchev–Trinajstić information content (AvgIpc) is 2.72. The van der Waals surface area contributed by atoms with Crippen LogP contribution in [0, 0.1) is 5.82 Å². The monoisotopic (exact) mass is 473 g/mol. The zero-order chi connectivity index (χ0) is 25.6. The third-order valence-electron chi connectivity index (χ3n) is 4.88. The van der Waals surface area contributed by atoms with E-state index in [4.69, 9.17) is 10.5 Å². The van der Waals surface area contributed by atoms with Gasteiger partial charge in [-0.15, -0.1) is 0 Å². The maximum absolute atomic E-state index is 14.8. The fourth-order valence-corrected chi connectivity index (χ4v) is 3.18. The molecular formula is C24H32FN5O4. The number of halogens is 1. The fraction of sp³-hybridized carbons (Fsp3) is 0.417. The maximum atomic E-state index is 14.8. The third kappa shape index (κ3) is 7.43. The van der Waals surface area contributed by atoms with Crippen LogP contribution in [0.5, 0.6) is 0 Å². The topological polar surface area (TPSA) is 135 Å². The molecule has 5 N–H and O–H groups in total. The zero-order valence-corrected chi connectivity index (χ0v) is 20.3. The molecule has 1 heterocycles. The van der Waals surface area contributed by atoms with Gasteiger partial charge < -0.3 is 26.4 Å². The molecule has 10 heteroatoms. The van der Waals surface area contributed by atoms with E-state index < -0.39 is 35.5 Å². The Labute approximate surface area is 198 Å². The van der Waals surface area contributed by atoms with E-state index in [0.29, 0.717) is 17.7 Å². The maximum Gasteiger partial charge on any atom is 0.407 e. The number of rotatable bonds is 9. The second kappa shape index (κ2) is 11.0. The van der Waals surface area contributed by atoms with Crippen molar-refractivity contribution in [2.24, 2.45) is 5.73 Å². The number of nitrogens with two attached hydrogens (primary N) is 1. The SMILES string of the molecule is CC[C@@H](Nc1nc(Nc2cccc(C(C)=O)c2)c(C(N)=O)cc1F)[C@H](C)NC(=O)OC(C)(C)C. The highest BCUT2D eigenvalue weighted by molar-refractivity contribution is 5.99. The number of benzene rings is 1. The van der Waals surface area contributed by atoms with Crippen molar-refractivity contribution in [2.75, 3.05) is 10.6 Å². The molecule has 0 fully saturated rings. The van der Waals surface area contributed by atoms with Crippen LogP contribution in [0.1, 0.15) is 68.7 Å². The Morgan fingerprint density at radius 3 is 2.41 bits per heavy atom. The molecule has 0 aliphatic rings. The second-order valence-electron chi connectivity index (χ2n) is 8.94. The van der Waals surface area contributed by atoms with Gasteiger partial charge in [0.05, 0.1) is 5.56 Å². The van der Waals surface area contributed by atoms with Crippen molar-refractivity contribution in [1.29, 1.82) is 0 Å². The van der Waals surface area contributed by atoms with Crippen molar-refractivity contribution < 1.29 is 23.5 Å². The average molecular weight is 474 g/mol. The zero-order valence-electron chi connectivity index (χ0n) is 20.3. The highest BCUT2D eigenvalue weighted by Gasteiger charge is 2.24. The first-order chi connectivity index (χ1) is 15.8. The summed E-state index contributed by atoms with van der Waals surface area (Å²) in [5.41, 5.74) is 5.56. The molecule has 0 radical (unpaired) electrons. The number of carbonyl (C=O) groups excluding carboxylic acids is 3. The Balaban J connectivity index is 2.31. The van der Waals surface area contributed by atoms with Gasteiger partial charge in [-0.25, -0.2) is 14.2 Å². The first-order valence-corrected chi connectivity index (χ1v) is 10.9. The molecule has 1 aromatic carbocycles. The number of primary amides is 1. The van der Waals surface area contributed by atoms with Crippen LogP contribution < -0.4 is 21.7 Å². The molecule has 0 saturated heterocycles. The number of carbonyl (C=O) groups is 3. The van der Waals surface area contributed by atoms with Crippen LogP contribution in [-0.4, -0.2) is 40.5 Å². The largest absolute Gasteiger partial charge is 0.444 e. The number of aromatic nitrogens is 1. The lowest BCUT2D eigenvalue weighted by molar-refractivity contribution is 0.0503. The van der Waals surface area contributed by atoms with Crippen LogP contribution in [0.3, 0.4) is 0 Å². The summed E-state index contributed by atoms with van der Waals surface area (Å²) in [4.78, 5) is 40.0. The minimum absolute atomic E-state index is 0.0275. The molecule has 9 nitrogen and oxygen atoms in total. The van der Waals surface area contributed by atoms with Crippen LogP contribution in [0.15, 0.2) is 30.3 Å². The highest BCUT2D eigenvalue weighted by atomic mass is 19.1. The Kier molecular flexibility index (Phi) is 8.56. The molecule has 0 aliphatic heterocycles. The first kappa shape index (κ1) is 26.6. The van der Waals surface area contributed by atoms with Crippen molar-refractivity contribution in [3.8, 4) is 0 Å². The van der Waals surface area contributed by atoms with Crippen molar-refractivity contribution in [1.82, 2.24) is 10.3 Å². The Hall–Kier alpha value is -3.69. The second-order valence-corrected chi connectivity index (χ2v) is 8.94. The number of hydrogen-bond acceptors (Lipinski definition) is 7. The summed E-state index contributed by atoms with van der Waals surface area (Å²) in [6.45, 7) is 10.3. The molecule has 34 heavy (non-hydrogen) atoms. The highest BCUT2D eigenvalue weighted by Crippen LogP contribution is 2.25. The summed E-state index contributed by atoms with van der Waals surface area (Å²) in [6.07, 6.45) is -0.0653. The molecule has 0 saturated carbocycles. The van der Waals surface area contributed by atoms with E-state index in [1.165, 1.54) is 6.92 Å². The van der Waals surface area contributed by atoms with E-state index in [2.05, 4.69) is 20.9 Å². The number of hydrogen-bond donors (Lipinski definition) is 4. The van der Waals surface area contributed by atoms with Crippen molar-refractivity contribution in [2.45, 2.75) is 65.6 Å². The summed E-state index contributed by atoms with van der Waals surface area (Å²) in [5, 5.41) is 8.65. The molecule has 1 aromatic heterocycles. The van der Waals surface area contributed by atoms with Gasteiger partial charge in [-0.1, -0.05) is 19.1 Å². The molecule has 0 unspecified atom stereocenters. The summed E-state index contributed by atoms with van der Waals surface area (Å²) in [6, 6.07) is 6.75. The third-order valence-corrected chi connectivity index (χ3v) is 4.88. The molecule has 2 rings (SSSR count). The normalized spacial score (nSPS) is 12.9. The lowest BCUT2D eigenvalue weighted by Crippen LogP contribution is -2.46. The van der Waals surface area contributed by atoms with Crippen molar-refractivity contribution in [3.63, 3.8) is 0 Å². The van der Waals surface area contributed by atoms with Gasteiger partial charge in [0.25, 0.3) is 5.91 Å². The van der Waals surface area contributed by atoms with Gasteiger partial charge in [0.15, 0.2) is 17.4 Å². The van der Waals surface area contributed by atoms with Gasteiger partial charge in [-0.2, -0.15) is 0 Å². The van der Waals surface area contributed by atoms with Gasteiger partial charge in [-0.05, 0) is 59.2 Å². The molecular weight excluding hydrogens is 441 g/mol. The smallest absolute Gasteiger partial charge is 0.407 e. The number of ether oxygens (including phenoxy) is 1. The number of nitrogens with zero attached hydrogens (tertiary/aromatic N) is 1. The number of ketones is 1. The molecule has 184 valence electrons. The molecule has 2 aromatic rings. The van der Waals surface area contributed by atoms with E-state index in [9.17, 15) is 18.8 Å². The summed E-state index contributed by atoms with van der Waals surface area (Å²) < 4.78 is 20.1. The van der Waals surface area contributed by atoms with E-state index >= 15 is 0 Å². The van der Waals surface area contributed by atoms with Gasteiger partial charge in [0.2, 0.25) is 0 Å². The summed E-state index contributed by atoms with van der Waals surface area (Å²) >= 11 is 0. The fourth-order valence-electron chi connectivity index (χ4n) is 3.18. The predicted octanol–water partition coefficient (Wildman–Crippen LogP) is 4.37. The Morgan fingerprint density at radius 2 is 1.85 bits per heavy atom. The van der Waals surface area contributed by atoms with E-state index in [0.717, 1.165) is 6.07 Å². The van der Waals surface area contributed by atoms with Crippen LogP contribution in [0.4, 0.5) is 26.5 Å².